The first-order valence-electron chi connectivity index (χ1n) is 5.26. The van der Waals surface area contributed by atoms with Gasteiger partial charge in [0.15, 0.2) is 0 Å². The molecule has 5 nitrogen and oxygen atoms in total. The summed E-state index contributed by atoms with van der Waals surface area (Å²) in [6.45, 7) is 5.50. The van der Waals surface area contributed by atoms with Crippen LogP contribution in [0.1, 0.15) is 20.3 Å². The topological polar surface area (TPSA) is 75.9 Å². The van der Waals surface area contributed by atoms with Crippen molar-refractivity contribution < 1.29 is 0 Å². The van der Waals surface area contributed by atoms with Gasteiger partial charge in [-0.2, -0.15) is 4.98 Å². The number of nitrogens with two attached hydrogens (primary N) is 1. The lowest BCUT2D eigenvalue weighted by molar-refractivity contribution is 0.572. The predicted octanol–water partition coefficient (Wildman–Crippen LogP) is 1.98. The molecule has 1 aliphatic rings. The zero-order valence-corrected chi connectivity index (χ0v) is 11.0. The predicted molar refractivity (Wildman–Crippen MR) is 67.9 cm³/mol. The maximum absolute atomic E-state index is 5.26. The molecule has 1 unspecified atom stereocenters. The van der Waals surface area contributed by atoms with Gasteiger partial charge in [-0.3, -0.25) is 5.43 Å². The van der Waals surface area contributed by atoms with E-state index in [1.165, 1.54) is 6.42 Å². The van der Waals surface area contributed by atoms with Gasteiger partial charge in [0.05, 0.1) is 4.47 Å². The van der Waals surface area contributed by atoms with Gasteiger partial charge < -0.3 is 5.32 Å². The van der Waals surface area contributed by atoms with Gasteiger partial charge in [0.2, 0.25) is 5.95 Å². The second kappa shape index (κ2) is 4.18. The van der Waals surface area contributed by atoms with Crippen LogP contribution in [0.15, 0.2) is 10.7 Å². The monoisotopic (exact) mass is 285 g/mol. The zero-order valence-electron chi connectivity index (χ0n) is 9.42. The Hall–Kier alpha value is -0.880. The molecule has 6 heteroatoms. The molecule has 0 aliphatic heterocycles. The average molecular weight is 286 g/mol. The molecule has 0 aromatic carbocycles. The molecule has 1 heterocycles. The summed E-state index contributed by atoms with van der Waals surface area (Å²) in [5.74, 6) is 7.19. The second-order valence-corrected chi connectivity index (χ2v) is 5.66. The standard InChI is InChI=1S/C10H16BrN5/c1-10(2)3-6(10)4-13-8-7(11)5-14-9(15-8)16-12/h5-6H,3-4,12H2,1-2H3,(H2,13,14,15,16). The van der Waals surface area contributed by atoms with E-state index in [-0.39, 0.29) is 0 Å². The zero-order chi connectivity index (χ0) is 11.8. The number of nitrogens with zero attached hydrogens (tertiary/aromatic N) is 2. The molecule has 0 amide bonds. The molecular formula is C10H16BrN5. The number of hydrogen-bond donors (Lipinski definition) is 3. The van der Waals surface area contributed by atoms with E-state index in [1.54, 1.807) is 6.20 Å². The van der Waals surface area contributed by atoms with Gasteiger partial charge in [0, 0.05) is 12.7 Å². The normalized spacial score (nSPS) is 21.6. The molecule has 1 saturated carbocycles. The average Bonchev–Trinajstić information content (AvgIpc) is 2.85. The van der Waals surface area contributed by atoms with E-state index in [0.717, 1.165) is 22.8 Å². The van der Waals surface area contributed by atoms with Crippen molar-refractivity contribution in [1.82, 2.24) is 9.97 Å². The lowest BCUT2D eigenvalue weighted by Gasteiger charge is -2.09. The van der Waals surface area contributed by atoms with Gasteiger partial charge in [-0.25, -0.2) is 10.8 Å². The van der Waals surface area contributed by atoms with Crippen LogP contribution in [0.5, 0.6) is 0 Å². The van der Waals surface area contributed by atoms with E-state index in [4.69, 9.17) is 5.84 Å². The van der Waals surface area contributed by atoms with Crippen molar-refractivity contribution >= 4 is 27.7 Å². The largest absolute Gasteiger partial charge is 0.369 e. The number of nitrogens with one attached hydrogen (secondary N) is 2. The maximum Gasteiger partial charge on any atom is 0.239 e. The van der Waals surface area contributed by atoms with Crippen LogP contribution in [0.3, 0.4) is 0 Å². The van der Waals surface area contributed by atoms with Crippen LogP contribution in [0, 0.1) is 11.3 Å². The minimum Gasteiger partial charge on any atom is -0.369 e. The van der Waals surface area contributed by atoms with E-state index in [9.17, 15) is 0 Å². The van der Waals surface area contributed by atoms with E-state index in [1.807, 2.05) is 0 Å². The lowest BCUT2D eigenvalue weighted by Crippen LogP contribution is -2.13. The Balaban J connectivity index is 1.98. The first-order chi connectivity index (χ1) is 7.53. The highest BCUT2D eigenvalue weighted by molar-refractivity contribution is 9.10. The number of nitrogen functional groups attached to an aromatic ring is 1. The quantitative estimate of drug-likeness (QED) is 0.583. The van der Waals surface area contributed by atoms with Crippen LogP contribution in [0.2, 0.25) is 0 Å². The van der Waals surface area contributed by atoms with Crippen LogP contribution in [-0.4, -0.2) is 16.5 Å². The van der Waals surface area contributed by atoms with E-state index >= 15 is 0 Å². The summed E-state index contributed by atoms with van der Waals surface area (Å²) in [5, 5.41) is 3.31. The van der Waals surface area contributed by atoms with E-state index in [2.05, 4.69) is 50.5 Å². The van der Waals surface area contributed by atoms with Crippen molar-refractivity contribution in [3.05, 3.63) is 10.7 Å². The number of aromatic nitrogens is 2. The molecule has 0 spiro atoms. The van der Waals surface area contributed by atoms with Crippen molar-refractivity contribution in [3.63, 3.8) is 0 Å². The Morgan fingerprint density at radius 1 is 1.62 bits per heavy atom. The van der Waals surface area contributed by atoms with Crippen LogP contribution >= 0.6 is 15.9 Å². The fraction of sp³-hybridized carbons (Fsp3) is 0.600. The number of rotatable bonds is 4. The summed E-state index contributed by atoms with van der Waals surface area (Å²) in [6.07, 6.45) is 2.95. The van der Waals surface area contributed by atoms with Gasteiger partial charge in [-0.15, -0.1) is 0 Å². The van der Waals surface area contributed by atoms with Crippen molar-refractivity contribution in [1.29, 1.82) is 0 Å². The SMILES string of the molecule is CC1(C)CC1CNc1nc(NN)ncc1Br. The summed E-state index contributed by atoms with van der Waals surface area (Å²) >= 11 is 3.40. The summed E-state index contributed by atoms with van der Waals surface area (Å²) < 4.78 is 0.852. The van der Waals surface area contributed by atoms with Gasteiger partial charge in [0.25, 0.3) is 0 Å². The summed E-state index contributed by atoms with van der Waals surface area (Å²) in [5.41, 5.74) is 2.90. The fourth-order valence-electron chi connectivity index (χ4n) is 1.71. The van der Waals surface area contributed by atoms with Crippen molar-refractivity contribution in [3.8, 4) is 0 Å². The van der Waals surface area contributed by atoms with Crippen LogP contribution < -0.4 is 16.6 Å². The third-order valence-electron chi connectivity index (χ3n) is 3.11. The lowest BCUT2D eigenvalue weighted by atomic mass is 10.1. The molecule has 0 saturated heterocycles. The number of hydrogen-bond acceptors (Lipinski definition) is 5. The molecule has 1 atom stereocenters. The Kier molecular flexibility index (Phi) is 3.03. The minimum atomic E-state index is 0.417. The molecule has 1 aromatic rings. The minimum absolute atomic E-state index is 0.417. The van der Waals surface area contributed by atoms with E-state index in [0.29, 0.717) is 11.4 Å². The first-order valence-corrected chi connectivity index (χ1v) is 6.05. The third kappa shape index (κ3) is 2.44. The third-order valence-corrected chi connectivity index (χ3v) is 3.69. The van der Waals surface area contributed by atoms with Crippen LogP contribution in [0.25, 0.3) is 0 Å². The Labute approximate surface area is 103 Å². The van der Waals surface area contributed by atoms with Crippen LogP contribution in [0.4, 0.5) is 11.8 Å². The summed E-state index contributed by atoms with van der Waals surface area (Å²) in [4.78, 5) is 8.23. The van der Waals surface area contributed by atoms with E-state index < -0.39 is 0 Å². The van der Waals surface area contributed by atoms with Gasteiger partial charge in [-0.1, -0.05) is 13.8 Å². The number of halogens is 1. The van der Waals surface area contributed by atoms with Gasteiger partial charge in [0.1, 0.15) is 5.82 Å². The molecule has 2 rings (SSSR count). The highest BCUT2D eigenvalue weighted by atomic mass is 79.9. The smallest absolute Gasteiger partial charge is 0.239 e. The van der Waals surface area contributed by atoms with Crippen molar-refractivity contribution in [2.24, 2.45) is 17.2 Å². The molecule has 0 bridgehead atoms. The highest BCUT2D eigenvalue weighted by Gasteiger charge is 2.45. The molecule has 1 aliphatic carbocycles. The number of hydrazine groups is 1. The Morgan fingerprint density at radius 3 is 2.88 bits per heavy atom. The summed E-state index contributed by atoms with van der Waals surface area (Å²) in [7, 11) is 0. The summed E-state index contributed by atoms with van der Waals surface area (Å²) in [6, 6.07) is 0. The maximum atomic E-state index is 5.26. The molecule has 1 fully saturated rings. The Bertz CT molecular complexity index is 393. The molecular weight excluding hydrogens is 270 g/mol. The molecule has 0 radical (unpaired) electrons. The first kappa shape index (κ1) is 11.6. The Morgan fingerprint density at radius 2 is 2.31 bits per heavy atom. The van der Waals surface area contributed by atoms with Crippen LogP contribution in [-0.2, 0) is 0 Å². The molecule has 16 heavy (non-hydrogen) atoms. The second-order valence-electron chi connectivity index (χ2n) is 4.81. The molecule has 88 valence electrons. The fourth-order valence-corrected chi connectivity index (χ4v) is 2.04. The van der Waals surface area contributed by atoms with Crippen molar-refractivity contribution in [2.75, 3.05) is 17.3 Å². The highest BCUT2D eigenvalue weighted by Crippen LogP contribution is 2.51. The molecule has 4 N–H and O–H groups in total. The van der Waals surface area contributed by atoms with Crippen molar-refractivity contribution in [2.45, 2.75) is 20.3 Å². The van der Waals surface area contributed by atoms with Gasteiger partial charge in [-0.05, 0) is 33.7 Å². The van der Waals surface area contributed by atoms with Gasteiger partial charge >= 0.3 is 0 Å². The number of anilines is 2. The molecule has 1 aromatic heterocycles.